The molecule has 1 aliphatic rings. The Morgan fingerprint density at radius 1 is 0.380 bits per heavy atom. The van der Waals surface area contributed by atoms with Crippen molar-refractivity contribution in [2.45, 2.75) is 5.92 Å². The summed E-state index contributed by atoms with van der Waals surface area (Å²) in [5.74, 6) is -1.16. The lowest BCUT2D eigenvalue weighted by Gasteiger charge is -2.14. The number of aromatic nitrogens is 5. The van der Waals surface area contributed by atoms with E-state index in [2.05, 4.69) is 10.2 Å². The average molecular weight is 654 g/mol. The van der Waals surface area contributed by atoms with E-state index in [1.807, 2.05) is 121 Å². The summed E-state index contributed by atoms with van der Waals surface area (Å²) in [5, 5.41) is 8.36. The number of hydrogen-bond acceptors (Lipinski definition) is 6. The van der Waals surface area contributed by atoms with Crippen LogP contribution in [0.25, 0.3) is 79.3 Å². The number of halogens is 2. The van der Waals surface area contributed by atoms with Crippen LogP contribution in [0.2, 0.25) is 0 Å². The van der Waals surface area contributed by atoms with Gasteiger partial charge in [-0.05, 0) is 58.7 Å². The third kappa shape index (κ3) is 5.14. The van der Waals surface area contributed by atoms with Gasteiger partial charge >= 0.3 is 0 Å². The molecule has 0 amide bonds. The minimum atomic E-state index is -3.23. The summed E-state index contributed by atoms with van der Waals surface area (Å²) in [5.41, 5.74) is 6.01. The minimum absolute atomic E-state index is 0.0405. The predicted octanol–water partition coefficient (Wildman–Crippen LogP) is 10.4. The molecule has 0 saturated carbocycles. The third-order valence-corrected chi connectivity index (χ3v) is 8.87. The molecular formula is C42H25F2N5O. The van der Waals surface area contributed by atoms with Crippen molar-refractivity contribution in [3.63, 3.8) is 0 Å². The SMILES string of the molecule is FC1(F)c2cc(-c3ccc(-c4nnc(-c5ccccc5)o4)cc3)ccc2-c2ccc(-c3nc(-c4ccccc4)nc(-c4ccccc4)n3)cc21. The molecule has 0 radical (unpaired) electrons. The van der Waals surface area contributed by atoms with Crippen LogP contribution in [0.5, 0.6) is 0 Å². The van der Waals surface area contributed by atoms with Crippen molar-refractivity contribution >= 4 is 0 Å². The molecule has 6 aromatic carbocycles. The minimum Gasteiger partial charge on any atom is -0.416 e. The van der Waals surface area contributed by atoms with E-state index >= 15 is 8.78 Å². The molecule has 238 valence electrons. The summed E-state index contributed by atoms with van der Waals surface area (Å²) in [4.78, 5) is 14.2. The van der Waals surface area contributed by atoms with Crippen LogP contribution in [0.3, 0.4) is 0 Å². The Morgan fingerprint density at radius 2 is 0.760 bits per heavy atom. The molecule has 0 saturated heterocycles. The Morgan fingerprint density at radius 3 is 1.28 bits per heavy atom. The molecule has 0 aliphatic heterocycles. The summed E-state index contributed by atoms with van der Waals surface area (Å²) >= 11 is 0. The van der Waals surface area contributed by atoms with E-state index in [0.29, 0.717) is 51.5 Å². The highest BCUT2D eigenvalue weighted by Gasteiger charge is 2.44. The van der Waals surface area contributed by atoms with Gasteiger partial charge in [-0.1, -0.05) is 115 Å². The fraction of sp³-hybridized carbons (Fsp3) is 0.0238. The molecule has 0 atom stereocenters. The largest absolute Gasteiger partial charge is 0.416 e. The van der Waals surface area contributed by atoms with Gasteiger partial charge in [0, 0.05) is 38.9 Å². The lowest BCUT2D eigenvalue weighted by atomic mass is 9.97. The topological polar surface area (TPSA) is 77.6 Å². The van der Waals surface area contributed by atoms with Crippen LogP contribution in [0.1, 0.15) is 11.1 Å². The molecule has 9 rings (SSSR count). The second kappa shape index (κ2) is 11.8. The van der Waals surface area contributed by atoms with Gasteiger partial charge < -0.3 is 4.42 Å². The smallest absolute Gasteiger partial charge is 0.299 e. The molecule has 0 fully saturated rings. The van der Waals surface area contributed by atoms with Crippen molar-refractivity contribution < 1.29 is 13.2 Å². The van der Waals surface area contributed by atoms with E-state index in [-0.39, 0.29) is 11.1 Å². The molecular weight excluding hydrogens is 628 g/mol. The molecule has 0 unspecified atom stereocenters. The van der Waals surface area contributed by atoms with Gasteiger partial charge in [-0.3, -0.25) is 0 Å². The van der Waals surface area contributed by atoms with E-state index < -0.39 is 5.92 Å². The van der Waals surface area contributed by atoms with Crippen molar-refractivity contribution in [2.75, 3.05) is 0 Å². The first-order chi connectivity index (χ1) is 24.5. The van der Waals surface area contributed by atoms with Gasteiger partial charge in [0.1, 0.15) is 0 Å². The lowest BCUT2D eigenvalue weighted by Crippen LogP contribution is -2.11. The zero-order valence-corrected chi connectivity index (χ0v) is 26.3. The molecule has 1 aliphatic carbocycles. The normalized spacial score (nSPS) is 12.8. The molecule has 2 aromatic heterocycles. The second-order valence-corrected chi connectivity index (χ2v) is 12.0. The molecule has 0 N–H and O–H groups in total. The Bertz CT molecular complexity index is 2440. The second-order valence-electron chi connectivity index (χ2n) is 12.0. The molecule has 6 nitrogen and oxygen atoms in total. The van der Waals surface area contributed by atoms with Gasteiger partial charge in [0.15, 0.2) is 17.5 Å². The fourth-order valence-corrected chi connectivity index (χ4v) is 6.32. The highest BCUT2D eigenvalue weighted by molar-refractivity contribution is 5.84. The number of rotatable bonds is 6. The summed E-state index contributed by atoms with van der Waals surface area (Å²) in [6, 6.07) is 46.4. The monoisotopic (exact) mass is 653 g/mol. The Balaban J connectivity index is 1.04. The first-order valence-corrected chi connectivity index (χ1v) is 16.1. The highest BCUT2D eigenvalue weighted by atomic mass is 19.3. The first-order valence-electron chi connectivity index (χ1n) is 16.1. The lowest BCUT2D eigenvalue weighted by molar-refractivity contribution is 0.0481. The molecule has 0 spiro atoms. The van der Waals surface area contributed by atoms with E-state index in [9.17, 15) is 0 Å². The Hall–Kier alpha value is -6.67. The molecule has 2 heterocycles. The first kappa shape index (κ1) is 29.5. The molecule has 50 heavy (non-hydrogen) atoms. The van der Waals surface area contributed by atoms with Crippen molar-refractivity contribution in [1.82, 2.24) is 25.1 Å². The van der Waals surface area contributed by atoms with Crippen LogP contribution in [0.15, 0.2) is 156 Å². The summed E-state index contributed by atoms with van der Waals surface area (Å²) in [6.45, 7) is 0. The number of benzene rings is 6. The van der Waals surface area contributed by atoms with E-state index in [0.717, 1.165) is 27.8 Å². The molecule has 0 bridgehead atoms. The maximum atomic E-state index is 16.4. The zero-order valence-electron chi connectivity index (χ0n) is 26.3. The molecule has 8 heteroatoms. The number of hydrogen-bond donors (Lipinski definition) is 0. The van der Waals surface area contributed by atoms with Crippen LogP contribution in [-0.4, -0.2) is 25.1 Å². The maximum Gasteiger partial charge on any atom is 0.299 e. The molecule has 8 aromatic rings. The summed E-state index contributed by atoms with van der Waals surface area (Å²) in [7, 11) is 0. The van der Waals surface area contributed by atoms with Crippen molar-refractivity contribution in [1.29, 1.82) is 0 Å². The van der Waals surface area contributed by atoms with Crippen molar-refractivity contribution in [2.24, 2.45) is 0 Å². The maximum absolute atomic E-state index is 16.4. The average Bonchev–Trinajstić information content (AvgIpc) is 3.77. The van der Waals surface area contributed by atoms with Crippen LogP contribution >= 0.6 is 0 Å². The van der Waals surface area contributed by atoms with Crippen LogP contribution < -0.4 is 0 Å². The van der Waals surface area contributed by atoms with E-state index in [4.69, 9.17) is 19.4 Å². The Kier molecular flexibility index (Phi) is 6.95. The predicted molar refractivity (Wildman–Crippen MR) is 189 cm³/mol. The van der Waals surface area contributed by atoms with Gasteiger partial charge in [0.05, 0.1) is 0 Å². The van der Waals surface area contributed by atoms with E-state index in [1.54, 1.807) is 24.3 Å². The van der Waals surface area contributed by atoms with Crippen LogP contribution in [0, 0.1) is 0 Å². The summed E-state index contributed by atoms with van der Waals surface area (Å²) in [6.07, 6.45) is 0. The van der Waals surface area contributed by atoms with Crippen molar-refractivity contribution in [3.05, 3.63) is 163 Å². The summed E-state index contributed by atoms with van der Waals surface area (Å²) < 4.78 is 38.6. The van der Waals surface area contributed by atoms with Crippen LogP contribution in [-0.2, 0) is 5.92 Å². The Labute approximate surface area is 285 Å². The highest BCUT2D eigenvalue weighted by Crippen LogP contribution is 2.52. The number of alkyl halides is 2. The van der Waals surface area contributed by atoms with Gasteiger partial charge in [-0.15, -0.1) is 10.2 Å². The van der Waals surface area contributed by atoms with Crippen LogP contribution in [0.4, 0.5) is 8.78 Å². The quantitative estimate of drug-likeness (QED) is 0.178. The number of fused-ring (bicyclic) bond motifs is 3. The van der Waals surface area contributed by atoms with Gasteiger partial charge in [-0.2, -0.15) is 8.78 Å². The van der Waals surface area contributed by atoms with Gasteiger partial charge in [0.2, 0.25) is 11.8 Å². The zero-order chi connectivity index (χ0) is 33.7. The van der Waals surface area contributed by atoms with Crippen molar-refractivity contribution in [3.8, 4) is 79.3 Å². The van der Waals surface area contributed by atoms with Gasteiger partial charge in [-0.25, -0.2) is 15.0 Å². The number of nitrogens with zero attached hydrogens (tertiary/aromatic N) is 5. The fourth-order valence-electron chi connectivity index (χ4n) is 6.32. The van der Waals surface area contributed by atoms with Gasteiger partial charge in [0.25, 0.3) is 5.92 Å². The standard InChI is InChI=1S/C42H25F2N5O/c43-42(44)35-24-31(26-16-18-30(19-17-26)41-49-48-40(50-41)29-14-8-3-9-15-29)20-22-33(35)34-23-21-32(25-36(34)42)39-46-37(27-10-4-1-5-11-27)45-38(47-39)28-12-6-2-7-13-28/h1-25H. The van der Waals surface area contributed by atoms with E-state index in [1.165, 1.54) is 6.07 Å². The third-order valence-electron chi connectivity index (χ3n) is 8.87.